The number of anilines is 1. The molecule has 0 aromatic heterocycles. The number of nitrogens with one attached hydrogen (secondary N) is 1. The van der Waals surface area contributed by atoms with Gasteiger partial charge >= 0.3 is 0 Å². The molecule has 8 nitrogen and oxygen atoms in total. The Morgan fingerprint density at radius 1 is 0.955 bits per heavy atom. The monoisotopic (exact) mass is 613 g/mol. The predicted octanol–water partition coefficient (Wildman–Crippen LogP) is 5.51. The largest absolute Gasteiger partial charge is 0.488 e. The molecule has 0 aliphatic carbocycles. The van der Waals surface area contributed by atoms with Crippen LogP contribution in [0.1, 0.15) is 29.8 Å². The van der Waals surface area contributed by atoms with Crippen LogP contribution in [0.5, 0.6) is 5.75 Å². The van der Waals surface area contributed by atoms with Crippen LogP contribution in [0.3, 0.4) is 0 Å². The molecule has 4 aromatic carbocycles. The molecule has 2 N–H and O–H groups in total. The van der Waals surface area contributed by atoms with E-state index in [0.29, 0.717) is 25.4 Å². The molecule has 9 heteroatoms. The first-order valence-electron chi connectivity index (χ1n) is 14.8. The van der Waals surface area contributed by atoms with E-state index in [0.717, 1.165) is 0 Å². The number of sulfonamides is 1. The molecule has 1 amide bonds. The van der Waals surface area contributed by atoms with Crippen LogP contribution in [-0.4, -0.2) is 68.1 Å². The van der Waals surface area contributed by atoms with Gasteiger partial charge in [-0.15, -0.1) is 0 Å². The number of fused-ring (bicyclic) bond motifs is 1. The summed E-state index contributed by atoms with van der Waals surface area (Å²) in [7, 11) is -1.81. The zero-order valence-electron chi connectivity index (χ0n) is 25.3. The maximum absolute atomic E-state index is 13.8. The lowest BCUT2D eigenvalue weighted by molar-refractivity contribution is 0.0341. The summed E-state index contributed by atoms with van der Waals surface area (Å²) >= 11 is 0. The molecule has 1 aliphatic heterocycles. The van der Waals surface area contributed by atoms with Gasteiger partial charge in [0.25, 0.3) is 15.9 Å². The fourth-order valence-corrected chi connectivity index (χ4v) is 6.50. The van der Waals surface area contributed by atoms with Crippen LogP contribution in [-0.2, 0) is 16.6 Å². The summed E-state index contributed by atoms with van der Waals surface area (Å²) in [5.41, 5.74) is 4.01. The van der Waals surface area contributed by atoms with E-state index in [9.17, 15) is 18.3 Å². The van der Waals surface area contributed by atoms with Crippen molar-refractivity contribution < 1.29 is 23.1 Å². The van der Waals surface area contributed by atoms with Gasteiger partial charge in [0.05, 0.1) is 23.1 Å². The van der Waals surface area contributed by atoms with Gasteiger partial charge in [-0.25, -0.2) is 8.42 Å². The number of hydrogen-bond donors (Lipinski definition) is 2. The SMILES string of the molecule is C[C@@H]1CN([C@@H](C)CO)C(=O)c2cc(NS(=O)(=O)c3ccccc3)ccc2O[C@H]1CN(C)Cc1ccc(-c2ccccc2)cc1. The molecule has 3 atom stereocenters. The Kier molecular flexibility index (Phi) is 9.68. The van der Waals surface area contributed by atoms with Gasteiger partial charge < -0.3 is 14.7 Å². The van der Waals surface area contributed by atoms with Gasteiger partial charge in [0, 0.05) is 31.2 Å². The summed E-state index contributed by atoms with van der Waals surface area (Å²) in [6, 6.07) is 31.2. The number of carbonyl (C=O) groups excluding carboxylic acids is 1. The van der Waals surface area contributed by atoms with Gasteiger partial charge in [-0.1, -0.05) is 79.7 Å². The minimum atomic E-state index is -3.85. The molecule has 5 rings (SSSR count). The van der Waals surface area contributed by atoms with Crippen molar-refractivity contribution in [3.8, 4) is 16.9 Å². The Morgan fingerprint density at radius 3 is 2.25 bits per heavy atom. The van der Waals surface area contributed by atoms with E-state index in [2.05, 4.69) is 46.0 Å². The lowest BCUT2D eigenvalue weighted by Gasteiger charge is -2.38. The van der Waals surface area contributed by atoms with Crippen LogP contribution in [0.2, 0.25) is 0 Å². The normalized spacial score (nSPS) is 17.8. The highest BCUT2D eigenvalue weighted by atomic mass is 32.2. The quantitative estimate of drug-likeness (QED) is 0.245. The topological polar surface area (TPSA) is 99.2 Å². The third-order valence-corrected chi connectivity index (χ3v) is 9.37. The number of benzene rings is 4. The second-order valence-corrected chi connectivity index (χ2v) is 13.2. The van der Waals surface area contributed by atoms with Crippen LogP contribution in [0.25, 0.3) is 11.1 Å². The number of aliphatic hydroxyl groups excluding tert-OH is 1. The van der Waals surface area contributed by atoms with Crippen molar-refractivity contribution in [2.75, 3.05) is 31.5 Å². The molecule has 230 valence electrons. The number of nitrogens with zero attached hydrogens (tertiary/aromatic N) is 2. The maximum Gasteiger partial charge on any atom is 0.261 e. The van der Waals surface area contributed by atoms with Crippen molar-refractivity contribution in [2.45, 2.75) is 37.4 Å². The number of aliphatic hydroxyl groups is 1. The molecule has 0 saturated heterocycles. The molecule has 1 aliphatic rings. The lowest BCUT2D eigenvalue weighted by Crippen LogP contribution is -2.49. The molecule has 1 heterocycles. The molecular formula is C35H39N3O5S. The highest BCUT2D eigenvalue weighted by Gasteiger charge is 2.33. The second-order valence-electron chi connectivity index (χ2n) is 11.5. The molecule has 0 radical (unpaired) electrons. The first-order chi connectivity index (χ1) is 21.1. The number of hydrogen-bond acceptors (Lipinski definition) is 6. The number of rotatable bonds is 10. The fourth-order valence-electron chi connectivity index (χ4n) is 5.43. The van der Waals surface area contributed by atoms with E-state index < -0.39 is 16.1 Å². The number of ether oxygens (including phenoxy) is 1. The van der Waals surface area contributed by atoms with Crippen LogP contribution < -0.4 is 9.46 Å². The average molecular weight is 614 g/mol. The van der Waals surface area contributed by atoms with Gasteiger partial charge in [0.2, 0.25) is 0 Å². The van der Waals surface area contributed by atoms with Crippen LogP contribution >= 0.6 is 0 Å². The Bertz CT molecular complexity index is 1660. The van der Waals surface area contributed by atoms with Crippen molar-refractivity contribution >= 4 is 21.6 Å². The maximum atomic E-state index is 13.8. The summed E-state index contributed by atoms with van der Waals surface area (Å²) in [5.74, 6) is 0.0182. The van der Waals surface area contributed by atoms with Crippen molar-refractivity contribution in [3.05, 3.63) is 114 Å². The van der Waals surface area contributed by atoms with E-state index in [4.69, 9.17) is 4.74 Å². The molecule has 0 fully saturated rings. The number of amides is 1. The zero-order chi connectivity index (χ0) is 31.3. The zero-order valence-corrected chi connectivity index (χ0v) is 26.1. The fraction of sp³-hybridized carbons (Fsp3) is 0.286. The van der Waals surface area contributed by atoms with E-state index in [-0.39, 0.29) is 40.7 Å². The molecular weight excluding hydrogens is 574 g/mol. The standard InChI is InChI=1S/C35H39N3O5S/c1-25-21-38(26(2)24-39)35(40)32-20-30(36-44(41,42)31-12-8-5-9-13-31)18-19-33(32)43-34(25)23-37(3)22-27-14-16-29(17-15-27)28-10-6-4-7-11-28/h4-20,25-26,34,36,39H,21-24H2,1-3H3/t25-,26+,34+/m1/s1. The second kappa shape index (κ2) is 13.6. The smallest absolute Gasteiger partial charge is 0.261 e. The van der Waals surface area contributed by atoms with Crippen LogP contribution in [0.15, 0.2) is 108 Å². The third kappa shape index (κ3) is 7.30. The van der Waals surface area contributed by atoms with E-state index >= 15 is 0 Å². The predicted molar refractivity (Wildman–Crippen MR) is 173 cm³/mol. The van der Waals surface area contributed by atoms with Crippen LogP contribution in [0, 0.1) is 5.92 Å². The molecule has 0 unspecified atom stereocenters. The molecule has 0 spiro atoms. The summed E-state index contributed by atoms with van der Waals surface area (Å²) in [4.78, 5) is 17.7. The van der Waals surface area contributed by atoms with Crippen molar-refractivity contribution in [2.24, 2.45) is 5.92 Å². The minimum absolute atomic E-state index is 0.0414. The summed E-state index contributed by atoms with van der Waals surface area (Å²) in [6.45, 7) is 5.34. The third-order valence-electron chi connectivity index (χ3n) is 7.98. The lowest BCUT2D eigenvalue weighted by atomic mass is 9.99. The molecule has 44 heavy (non-hydrogen) atoms. The van der Waals surface area contributed by atoms with E-state index in [1.807, 2.05) is 32.2 Å². The Labute approximate surface area is 260 Å². The van der Waals surface area contributed by atoms with Gasteiger partial charge in [0.15, 0.2) is 0 Å². The summed E-state index contributed by atoms with van der Waals surface area (Å²) < 4.78 is 35.0. The first-order valence-corrected chi connectivity index (χ1v) is 16.3. The molecule has 0 bridgehead atoms. The minimum Gasteiger partial charge on any atom is -0.488 e. The molecule has 4 aromatic rings. The number of likely N-dealkylation sites (N-methyl/N-ethyl adjacent to an activating group) is 1. The van der Waals surface area contributed by atoms with E-state index in [1.54, 1.807) is 42.2 Å². The Hall–Kier alpha value is -4.18. The summed E-state index contributed by atoms with van der Waals surface area (Å²) in [6.07, 6.45) is -0.268. The van der Waals surface area contributed by atoms with Crippen molar-refractivity contribution in [1.82, 2.24) is 9.80 Å². The van der Waals surface area contributed by atoms with Gasteiger partial charge in [-0.05, 0) is 61.0 Å². The average Bonchev–Trinajstić information content (AvgIpc) is 3.03. The van der Waals surface area contributed by atoms with Crippen molar-refractivity contribution in [1.29, 1.82) is 0 Å². The number of carbonyl (C=O) groups is 1. The van der Waals surface area contributed by atoms with E-state index in [1.165, 1.54) is 34.9 Å². The Balaban J connectivity index is 1.36. The van der Waals surface area contributed by atoms with Gasteiger partial charge in [-0.2, -0.15) is 0 Å². The highest BCUT2D eigenvalue weighted by Crippen LogP contribution is 2.31. The summed E-state index contributed by atoms with van der Waals surface area (Å²) in [5, 5.41) is 9.98. The van der Waals surface area contributed by atoms with Gasteiger partial charge in [0.1, 0.15) is 11.9 Å². The highest BCUT2D eigenvalue weighted by molar-refractivity contribution is 7.92. The van der Waals surface area contributed by atoms with Crippen molar-refractivity contribution in [3.63, 3.8) is 0 Å². The van der Waals surface area contributed by atoms with Gasteiger partial charge in [-0.3, -0.25) is 14.4 Å². The van der Waals surface area contributed by atoms with Crippen LogP contribution in [0.4, 0.5) is 5.69 Å². The first kappa shape index (κ1) is 31.3. The Morgan fingerprint density at radius 2 is 1.59 bits per heavy atom. The molecule has 0 saturated carbocycles.